The minimum Gasteiger partial charge on any atom is -0.457 e. The fourth-order valence-corrected chi connectivity index (χ4v) is 5.40. The number of hydrogen-bond acceptors (Lipinski definition) is 7. The highest BCUT2D eigenvalue weighted by Gasteiger charge is 2.30. The van der Waals surface area contributed by atoms with Gasteiger partial charge < -0.3 is 14.2 Å². The molecule has 1 aromatic heterocycles. The fourth-order valence-electron chi connectivity index (χ4n) is 3.95. The molecule has 178 valence electrons. The van der Waals surface area contributed by atoms with E-state index in [0.717, 1.165) is 0 Å². The number of furan rings is 1. The van der Waals surface area contributed by atoms with Gasteiger partial charge in [-0.05, 0) is 48.2 Å². The van der Waals surface area contributed by atoms with E-state index in [1.165, 1.54) is 17.8 Å². The van der Waals surface area contributed by atoms with E-state index in [-0.39, 0.29) is 16.5 Å². The van der Waals surface area contributed by atoms with Crippen molar-refractivity contribution in [2.75, 3.05) is 31.1 Å². The molecule has 2 aliphatic rings. The van der Waals surface area contributed by atoms with Crippen molar-refractivity contribution in [3.63, 3.8) is 0 Å². The van der Waals surface area contributed by atoms with Gasteiger partial charge in [-0.1, -0.05) is 35.3 Å². The standard InChI is InChI=1S/C24H18Cl2N4O4S/c25-15-5-7-17(18(26)13-15)21-8-6-16(34-21)14-22-23(31)27-24(35-22)29-11-9-28(10-12-29)19-3-1-2-4-20(19)30(32)33/h1-8,13-14H,9-12H2/b22-14-. The zero-order chi connectivity index (χ0) is 24.5. The first-order valence-corrected chi connectivity index (χ1v) is 12.3. The predicted octanol–water partition coefficient (Wildman–Crippen LogP) is 5.95. The Morgan fingerprint density at radius 3 is 2.51 bits per heavy atom. The summed E-state index contributed by atoms with van der Waals surface area (Å²) in [5.74, 6) is 0.759. The van der Waals surface area contributed by atoms with Crippen molar-refractivity contribution in [2.24, 2.45) is 4.99 Å². The van der Waals surface area contributed by atoms with Crippen LogP contribution in [0.3, 0.4) is 0 Å². The van der Waals surface area contributed by atoms with Crippen LogP contribution >= 0.6 is 35.0 Å². The summed E-state index contributed by atoms with van der Waals surface area (Å²) in [6.07, 6.45) is 1.67. The van der Waals surface area contributed by atoms with Crippen molar-refractivity contribution in [3.8, 4) is 11.3 Å². The summed E-state index contributed by atoms with van der Waals surface area (Å²) < 4.78 is 5.88. The second-order valence-corrected chi connectivity index (χ2v) is 9.71. The van der Waals surface area contributed by atoms with E-state index in [9.17, 15) is 14.9 Å². The number of thioether (sulfide) groups is 1. The van der Waals surface area contributed by atoms with Crippen LogP contribution in [0.25, 0.3) is 17.4 Å². The van der Waals surface area contributed by atoms with Crippen molar-refractivity contribution >= 4 is 63.5 Å². The van der Waals surface area contributed by atoms with Crippen molar-refractivity contribution in [1.29, 1.82) is 0 Å². The van der Waals surface area contributed by atoms with Crippen molar-refractivity contribution in [3.05, 3.63) is 85.4 Å². The number of piperazine rings is 1. The third kappa shape index (κ3) is 4.93. The Hall–Kier alpha value is -3.27. The first-order valence-electron chi connectivity index (χ1n) is 10.7. The number of hydrogen-bond donors (Lipinski definition) is 0. The van der Waals surface area contributed by atoms with Crippen LogP contribution in [0.1, 0.15) is 5.76 Å². The summed E-state index contributed by atoms with van der Waals surface area (Å²) in [5.41, 5.74) is 1.40. The molecule has 1 amide bonds. The van der Waals surface area contributed by atoms with Gasteiger partial charge in [0.1, 0.15) is 17.2 Å². The average molecular weight is 529 g/mol. The molecule has 0 atom stereocenters. The molecule has 1 saturated heterocycles. The molecule has 5 rings (SSSR count). The summed E-state index contributed by atoms with van der Waals surface area (Å²) >= 11 is 13.5. The Kier molecular flexibility index (Phi) is 6.55. The summed E-state index contributed by atoms with van der Waals surface area (Å²) in [5, 5.41) is 13.0. The second-order valence-electron chi connectivity index (χ2n) is 7.86. The lowest BCUT2D eigenvalue weighted by atomic mass is 10.2. The van der Waals surface area contributed by atoms with E-state index in [1.54, 1.807) is 54.6 Å². The molecule has 8 nitrogen and oxygen atoms in total. The van der Waals surface area contributed by atoms with Crippen LogP contribution in [0.15, 0.2) is 68.9 Å². The van der Waals surface area contributed by atoms with E-state index in [2.05, 4.69) is 4.99 Å². The normalized spacial score (nSPS) is 17.3. The van der Waals surface area contributed by atoms with Gasteiger partial charge >= 0.3 is 0 Å². The number of para-hydroxylation sites is 2. The predicted molar refractivity (Wildman–Crippen MR) is 139 cm³/mol. The molecule has 3 aromatic rings. The van der Waals surface area contributed by atoms with Crippen LogP contribution < -0.4 is 4.90 Å². The third-order valence-corrected chi connectivity index (χ3v) is 7.27. The SMILES string of the molecule is O=C1N=C(N2CCN(c3ccccc3[N+](=O)[O-])CC2)S/C1=C\c1ccc(-c2ccc(Cl)cc2Cl)o1. The Labute approximate surface area is 215 Å². The summed E-state index contributed by atoms with van der Waals surface area (Å²) in [6, 6.07) is 15.4. The maximum atomic E-state index is 12.5. The van der Waals surface area contributed by atoms with Crippen LogP contribution in [0.2, 0.25) is 10.0 Å². The first-order chi connectivity index (χ1) is 16.9. The summed E-state index contributed by atoms with van der Waals surface area (Å²) in [6.45, 7) is 2.36. The smallest absolute Gasteiger partial charge is 0.292 e. The molecule has 3 heterocycles. The molecular weight excluding hydrogens is 511 g/mol. The minimum absolute atomic E-state index is 0.0895. The largest absolute Gasteiger partial charge is 0.457 e. The average Bonchev–Trinajstić information content (AvgIpc) is 3.46. The van der Waals surface area contributed by atoms with Gasteiger partial charge in [-0.15, -0.1) is 0 Å². The van der Waals surface area contributed by atoms with Crippen LogP contribution in [-0.2, 0) is 4.79 Å². The Morgan fingerprint density at radius 1 is 1.03 bits per heavy atom. The molecule has 2 aromatic carbocycles. The van der Waals surface area contributed by atoms with Gasteiger partial charge in [-0.25, -0.2) is 0 Å². The monoisotopic (exact) mass is 528 g/mol. The molecule has 1 fully saturated rings. The quantitative estimate of drug-likeness (QED) is 0.234. The first kappa shape index (κ1) is 23.5. The molecule has 0 radical (unpaired) electrons. The summed E-state index contributed by atoms with van der Waals surface area (Å²) in [7, 11) is 0. The molecule has 2 aliphatic heterocycles. The Morgan fingerprint density at radius 2 is 1.77 bits per heavy atom. The van der Waals surface area contributed by atoms with Crippen molar-refractivity contribution in [2.45, 2.75) is 0 Å². The number of amides is 1. The lowest BCUT2D eigenvalue weighted by Gasteiger charge is -2.36. The van der Waals surface area contributed by atoms with Gasteiger partial charge in [0.25, 0.3) is 11.6 Å². The Bertz CT molecular complexity index is 1380. The third-order valence-electron chi connectivity index (χ3n) is 5.68. The van der Waals surface area contributed by atoms with E-state index in [4.69, 9.17) is 27.6 Å². The zero-order valence-electron chi connectivity index (χ0n) is 18.2. The van der Waals surface area contributed by atoms with E-state index in [0.29, 0.717) is 69.1 Å². The molecule has 0 bridgehead atoms. The minimum atomic E-state index is -0.366. The number of nitro groups is 1. The molecule has 35 heavy (non-hydrogen) atoms. The number of rotatable bonds is 4. The number of amidine groups is 1. The highest BCUT2D eigenvalue weighted by Crippen LogP contribution is 2.35. The number of halogens is 2. The molecule has 0 N–H and O–H groups in total. The topological polar surface area (TPSA) is 92.2 Å². The number of aliphatic imine (C=N–C) groups is 1. The summed E-state index contributed by atoms with van der Waals surface area (Å²) in [4.78, 5) is 32.2. The maximum absolute atomic E-state index is 12.5. The number of nitro benzene ring substituents is 1. The van der Waals surface area contributed by atoms with Gasteiger partial charge in [-0.2, -0.15) is 4.99 Å². The second kappa shape index (κ2) is 9.77. The fraction of sp³-hybridized carbons (Fsp3) is 0.167. The number of carbonyl (C=O) groups excluding carboxylic acids is 1. The van der Waals surface area contributed by atoms with Gasteiger partial charge in [0.15, 0.2) is 5.17 Å². The lowest BCUT2D eigenvalue weighted by molar-refractivity contribution is -0.384. The molecule has 0 spiro atoms. The highest BCUT2D eigenvalue weighted by atomic mass is 35.5. The molecule has 0 unspecified atom stereocenters. The molecular formula is C24H18Cl2N4O4S. The van der Waals surface area contributed by atoms with Gasteiger partial charge in [0, 0.05) is 48.9 Å². The number of benzene rings is 2. The van der Waals surface area contributed by atoms with Crippen LogP contribution in [0.4, 0.5) is 11.4 Å². The van der Waals surface area contributed by atoms with Gasteiger partial charge in [0.05, 0.1) is 14.9 Å². The molecule has 0 saturated carbocycles. The van der Waals surface area contributed by atoms with E-state index < -0.39 is 0 Å². The van der Waals surface area contributed by atoms with Crippen LogP contribution in [0.5, 0.6) is 0 Å². The number of anilines is 1. The molecule has 0 aliphatic carbocycles. The zero-order valence-corrected chi connectivity index (χ0v) is 20.5. The van der Waals surface area contributed by atoms with Crippen LogP contribution in [-0.4, -0.2) is 47.1 Å². The van der Waals surface area contributed by atoms with Crippen molar-refractivity contribution < 1.29 is 14.1 Å². The number of carbonyl (C=O) groups is 1. The molecule has 11 heteroatoms. The van der Waals surface area contributed by atoms with E-state index in [1.807, 2.05) is 9.80 Å². The van der Waals surface area contributed by atoms with Gasteiger partial charge in [0.2, 0.25) is 0 Å². The maximum Gasteiger partial charge on any atom is 0.292 e. The van der Waals surface area contributed by atoms with Crippen molar-refractivity contribution in [1.82, 2.24) is 4.90 Å². The lowest BCUT2D eigenvalue weighted by Crippen LogP contribution is -2.48. The van der Waals surface area contributed by atoms with Gasteiger partial charge in [-0.3, -0.25) is 14.9 Å². The Balaban J connectivity index is 1.25. The van der Waals surface area contributed by atoms with E-state index >= 15 is 0 Å². The van der Waals surface area contributed by atoms with Crippen LogP contribution in [0, 0.1) is 10.1 Å². The number of nitrogens with zero attached hydrogens (tertiary/aromatic N) is 4. The highest BCUT2D eigenvalue weighted by molar-refractivity contribution is 8.18.